The van der Waals surface area contributed by atoms with Gasteiger partial charge in [0.15, 0.2) is 0 Å². The zero-order valence-corrected chi connectivity index (χ0v) is 15.8. The minimum absolute atomic E-state index is 0.0857. The van der Waals surface area contributed by atoms with Crippen LogP contribution in [0.3, 0.4) is 0 Å². The van der Waals surface area contributed by atoms with Gasteiger partial charge >= 0.3 is 0 Å². The molecule has 1 N–H and O–H groups in total. The zero-order chi connectivity index (χ0) is 19.7. The number of nitrogens with one attached hydrogen (secondary N) is 1. The molecule has 0 saturated carbocycles. The maximum atomic E-state index is 13.0. The summed E-state index contributed by atoms with van der Waals surface area (Å²) in [6, 6.07) is 16.5. The van der Waals surface area contributed by atoms with E-state index in [0.717, 1.165) is 50.0 Å². The van der Waals surface area contributed by atoms with Crippen molar-refractivity contribution in [1.82, 2.24) is 14.5 Å². The predicted molar refractivity (Wildman–Crippen MR) is 113 cm³/mol. The normalized spacial score (nSPS) is 22.0. The van der Waals surface area contributed by atoms with Crippen molar-refractivity contribution in [3.8, 4) is 0 Å². The van der Waals surface area contributed by atoms with Crippen LogP contribution in [0.25, 0.3) is 43.6 Å². The third-order valence-electron chi connectivity index (χ3n) is 7.08. The van der Waals surface area contributed by atoms with Gasteiger partial charge in [0.25, 0.3) is 11.8 Å². The topological polar surface area (TPSA) is 65.3 Å². The smallest absolute Gasteiger partial charge is 0.259 e. The maximum absolute atomic E-state index is 13.0. The lowest BCUT2D eigenvalue weighted by Crippen LogP contribution is -2.20. The van der Waals surface area contributed by atoms with E-state index in [1.165, 1.54) is 0 Å². The largest absolute Gasteiger partial charge is 0.356 e. The second-order valence-electron chi connectivity index (χ2n) is 8.43. The molecule has 2 amide bonds. The van der Waals surface area contributed by atoms with Gasteiger partial charge in [-0.1, -0.05) is 36.4 Å². The molecule has 144 valence electrons. The molecule has 3 aliphatic heterocycles. The number of benzene rings is 3. The van der Waals surface area contributed by atoms with Gasteiger partial charge in [0.05, 0.1) is 40.3 Å². The molecule has 6 nitrogen and oxygen atoms in total. The Morgan fingerprint density at radius 3 is 2.03 bits per heavy atom. The number of rotatable bonds is 0. The van der Waals surface area contributed by atoms with Crippen molar-refractivity contribution < 1.29 is 14.3 Å². The van der Waals surface area contributed by atoms with Gasteiger partial charge in [-0.2, -0.15) is 0 Å². The summed E-state index contributed by atoms with van der Waals surface area (Å²) in [6.07, 6.45) is 0.776. The highest BCUT2D eigenvalue weighted by Crippen LogP contribution is 2.51. The first-order valence-corrected chi connectivity index (χ1v) is 10.2. The summed E-state index contributed by atoms with van der Waals surface area (Å²) < 4.78 is 10.9. The van der Waals surface area contributed by atoms with E-state index >= 15 is 0 Å². The first kappa shape index (κ1) is 15.2. The van der Waals surface area contributed by atoms with Crippen LogP contribution in [0.15, 0.2) is 48.5 Å². The van der Waals surface area contributed by atoms with Crippen LogP contribution in [0.4, 0.5) is 0 Å². The number of ether oxygens (including phenoxy) is 1. The standard InChI is InChI=1S/C24H15N3O3/c28-23-19-17-12-5-1-3-7-14(12)26-11-9-16(30-10-11)27-15-8-4-2-6-13(15)18(22(27)21(17)26)20(19)24(29)25-23/h1-8,11,16H,9-10H2,(H,25,28,29)/t11-,16-/m0/s1. The van der Waals surface area contributed by atoms with E-state index in [9.17, 15) is 9.59 Å². The Morgan fingerprint density at radius 1 is 0.800 bits per heavy atom. The third-order valence-corrected chi connectivity index (χ3v) is 7.08. The second kappa shape index (κ2) is 4.74. The van der Waals surface area contributed by atoms with Gasteiger partial charge in [0.2, 0.25) is 0 Å². The van der Waals surface area contributed by atoms with E-state index in [2.05, 4.69) is 32.7 Å². The monoisotopic (exact) mass is 393 g/mol. The Balaban J connectivity index is 1.83. The molecule has 1 fully saturated rings. The lowest BCUT2D eigenvalue weighted by atomic mass is 9.96. The van der Waals surface area contributed by atoms with Crippen molar-refractivity contribution in [2.24, 2.45) is 0 Å². The first-order valence-electron chi connectivity index (χ1n) is 10.2. The molecule has 0 unspecified atom stereocenters. The number of fused-ring (bicyclic) bond motifs is 13. The Morgan fingerprint density at radius 2 is 1.37 bits per heavy atom. The Labute approximate surface area is 169 Å². The van der Waals surface area contributed by atoms with Crippen molar-refractivity contribution in [2.75, 3.05) is 6.61 Å². The molecule has 0 spiro atoms. The van der Waals surface area contributed by atoms with Gasteiger partial charge < -0.3 is 13.9 Å². The van der Waals surface area contributed by atoms with Crippen LogP contribution < -0.4 is 5.32 Å². The van der Waals surface area contributed by atoms with Crippen molar-refractivity contribution in [3.63, 3.8) is 0 Å². The first-order chi connectivity index (χ1) is 14.7. The molecule has 1 saturated heterocycles. The second-order valence-corrected chi connectivity index (χ2v) is 8.43. The van der Waals surface area contributed by atoms with E-state index in [1.807, 2.05) is 30.3 Å². The fourth-order valence-corrected chi connectivity index (χ4v) is 6.06. The molecule has 5 aromatic rings. The number of carbonyl (C=O) groups is 2. The van der Waals surface area contributed by atoms with E-state index in [0.29, 0.717) is 17.7 Å². The highest BCUT2D eigenvalue weighted by molar-refractivity contribution is 6.39. The Bertz CT molecular complexity index is 1530. The fourth-order valence-electron chi connectivity index (χ4n) is 6.06. The third kappa shape index (κ3) is 1.46. The van der Waals surface area contributed by atoms with Gasteiger partial charge in [0.1, 0.15) is 6.23 Å². The molecule has 2 aromatic heterocycles. The minimum Gasteiger partial charge on any atom is -0.356 e. The van der Waals surface area contributed by atoms with Gasteiger partial charge in [0, 0.05) is 33.5 Å². The van der Waals surface area contributed by atoms with Crippen molar-refractivity contribution in [1.29, 1.82) is 0 Å². The number of imide groups is 1. The SMILES string of the molecule is O=C1NC(=O)c2c1c1c3ccccc3n3c1c1c2c2ccccc2n1[C@@H]1C[C@H]3CO1. The van der Waals surface area contributed by atoms with Crippen LogP contribution >= 0.6 is 0 Å². The number of carbonyl (C=O) groups excluding carboxylic acids is 2. The Hall–Kier alpha value is -3.64. The fraction of sp³-hybridized carbons (Fsp3) is 0.167. The highest BCUT2D eigenvalue weighted by atomic mass is 16.5. The highest BCUT2D eigenvalue weighted by Gasteiger charge is 2.42. The molecule has 0 aliphatic carbocycles. The summed E-state index contributed by atoms with van der Waals surface area (Å²) in [6.45, 7) is 0.633. The molecule has 6 heteroatoms. The lowest BCUT2D eigenvalue weighted by molar-refractivity contribution is 0.0607. The van der Waals surface area contributed by atoms with Gasteiger partial charge in [-0.3, -0.25) is 14.9 Å². The van der Waals surface area contributed by atoms with Crippen LogP contribution in [0, 0.1) is 0 Å². The number of hydrogen-bond acceptors (Lipinski definition) is 3. The summed E-state index contributed by atoms with van der Waals surface area (Å²) in [7, 11) is 0. The maximum Gasteiger partial charge on any atom is 0.259 e. The predicted octanol–water partition coefficient (Wildman–Crippen LogP) is 4.26. The van der Waals surface area contributed by atoms with Crippen molar-refractivity contribution in [2.45, 2.75) is 18.7 Å². The van der Waals surface area contributed by atoms with E-state index in [1.54, 1.807) is 0 Å². The molecule has 2 atom stereocenters. The van der Waals surface area contributed by atoms with Crippen LogP contribution in [0.1, 0.15) is 39.4 Å². The molecule has 3 aliphatic rings. The zero-order valence-electron chi connectivity index (χ0n) is 15.8. The van der Waals surface area contributed by atoms with Crippen LogP contribution in [-0.4, -0.2) is 27.6 Å². The summed E-state index contributed by atoms with van der Waals surface area (Å²) in [5.41, 5.74) is 5.18. The summed E-state index contributed by atoms with van der Waals surface area (Å²) in [4.78, 5) is 26.0. The number of para-hydroxylation sites is 2. The van der Waals surface area contributed by atoms with Gasteiger partial charge in [-0.25, -0.2) is 0 Å². The molecule has 5 heterocycles. The molecule has 8 rings (SSSR count). The molecule has 30 heavy (non-hydrogen) atoms. The molecule has 2 bridgehead atoms. The molecule has 0 radical (unpaired) electrons. The average Bonchev–Trinajstić information content (AvgIpc) is 3.46. The van der Waals surface area contributed by atoms with Gasteiger partial charge in [-0.05, 0) is 12.1 Å². The van der Waals surface area contributed by atoms with Crippen LogP contribution in [0.2, 0.25) is 0 Å². The van der Waals surface area contributed by atoms with Gasteiger partial charge in [-0.15, -0.1) is 0 Å². The quantitative estimate of drug-likeness (QED) is 0.400. The van der Waals surface area contributed by atoms with Crippen LogP contribution in [-0.2, 0) is 4.74 Å². The van der Waals surface area contributed by atoms with E-state index in [-0.39, 0.29) is 24.1 Å². The number of hydrogen-bond donors (Lipinski definition) is 1. The lowest BCUT2D eigenvalue weighted by Gasteiger charge is -2.16. The number of nitrogens with zero attached hydrogens (tertiary/aromatic N) is 2. The minimum atomic E-state index is -0.313. The summed E-state index contributed by atoms with van der Waals surface area (Å²) >= 11 is 0. The summed E-state index contributed by atoms with van der Waals surface area (Å²) in [5.74, 6) is -0.616. The average molecular weight is 393 g/mol. The summed E-state index contributed by atoms with van der Waals surface area (Å²) in [5, 5.41) is 6.30. The van der Waals surface area contributed by atoms with Crippen LogP contribution in [0.5, 0.6) is 0 Å². The number of aromatic nitrogens is 2. The molecule has 3 aromatic carbocycles. The van der Waals surface area contributed by atoms with Crippen molar-refractivity contribution in [3.05, 3.63) is 59.7 Å². The van der Waals surface area contributed by atoms with E-state index < -0.39 is 0 Å². The molecular weight excluding hydrogens is 378 g/mol. The van der Waals surface area contributed by atoms with E-state index in [4.69, 9.17) is 4.74 Å². The molecular formula is C24H15N3O3. The van der Waals surface area contributed by atoms with Crippen molar-refractivity contribution >= 4 is 55.4 Å². The number of amides is 2. The Kier molecular flexibility index (Phi) is 2.41.